The number of benzene rings is 1. The van der Waals surface area contributed by atoms with Crippen molar-refractivity contribution in [1.29, 1.82) is 0 Å². The number of nitrogens with zero attached hydrogens (tertiary/aromatic N) is 2. The first-order valence-corrected chi connectivity index (χ1v) is 8.73. The summed E-state index contributed by atoms with van der Waals surface area (Å²) in [7, 11) is 0. The minimum Gasteiger partial charge on any atom is -0.334 e. The third-order valence-electron chi connectivity index (χ3n) is 4.55. The monoisotopic (exact) mass is 298 g/mol. The van der Waals surface area contributed by atoms with Gasteiger partial charge in [0.05, 0.1) is 6.33 Å². The first-order chi connectivity index (χ1) is 10.7. The second kappa shape index (κ2) is 8.77. The van der Waals surface area contributed by atoms with E-state index in [4.69, 9.17) is 0 Å². The minimum absolute atomic E-state index is 0.527. The van der Waals surface area contributed by atoms with Gasteiger partial charge in [-0.2, -0.15) is 0 Å². The van der Waals surface area contributed by atoms with Gasteiger partial charge in [-0.25, -0.2) is 4.98 Å². The summed E-state index contributed by atoms with van der Waals surface area (Å²) in [5.41, 5.74) is 1.45. The van der Waals surface area contributed by atoms with E-state index in [1.165, 1.54) is 31.2 Å². The lowest BCUT2D eigenvalue weighted by Gasteiger charge is -2.32. The molecule has 0 saturated heterocycles. The van der Waals surface area contributed by atoms with E-state index in [1.807, 2.05) is 12.5 Å². The molecule has 1 heterocycles. The van der Waals surface area contributed by atoms with Crippen LogP contribution in [0.2, 0.25) is 0 Å². The molecule has 0 bridgehead atoms. The van der Waals surface area contributed by atoms with Gasteiger partial charge in [-0.15, -0.1) is 0 Å². The Morgan fingerprint density at radius 2 is 1.86 bits per heavy atom. The van der Waals surface area contributed by atoms with Crippen molar-refractivity contribution < 1.29 is 0 Å². The summed E-state index contributed by atoms with van der Waals surface area (Å²) in [6.07, 6.45) is 12.4. The molecule has 22 heavy (non-hydrogen) atoms. The molecule has 0 saturated carbocycles. The number of imidazole rings is 1. The molecule has 1 aromatic carbocycles. The normalized spacial score (nSPS) is 14.2. The van der Waals surface area contributed by atoms with Crippen LogP contribution in [-0.2, 0) is 6.42 Å². The Balaban J connectivity index is 2.17. The molecule has 2 aromatic rings. The Morgan fingerprint density at radius 3 is 2.45 bits per heavy atom. The molecule has 2 nitrogen and oxygen atoms in total. The molecular weight excluding hydrogens is 268 g/mol. The highest BCUT2D eigenvalue weighted by Gasteiger charge is 2.25. The molecule has 1 aromatic heterocycles. The SMILES string of the molecule is CCCCCC(Cc1ccccc1)C(C(C)C)n1ccnc1. The van der Waals surface area contributed by atoms with E-state index >= 15 is 0 Å². The lowest BCUT2D eigenvalue weighted by molar-refractivity contribution is 0.234. The van der Waals surface area contributed by atoms with Crippen molar-refractivity contribution in [3.05, 3.63) is 54.6 Å². The van der Waals surface area contributed by atoms with Crippen LogP contribution >= 0.6 is 0 Å². The zero-order valence-corrected chi connectivity index (χ0v) is 14.3. The highest BCUT2D eigenvalue weighted by atomic mass is 15.1. The molecule has 0 aliphatic carbocycles. The minimum atomic E-state index is 0.527. The molecule has 0 amide bonds. The van der Waals surface area contributed by atoms with E-state index < -0.39 is 0 Å². The molecule has 2 atom stereocenters. The summed E-state index contributed by atoms with van der Waals surface area (Å²) < 4.78 is 2.32. The van der Waals surface area contributed by atoms with Crippen LogP contribution in [0.1, 0.15) is 58.1 Å². The largest absolute Gasteiger partial charge is 0.334 e. The highest BCUT2D eigenvalue weighted by molar-refractivity contribution is 5.15. The van der Waals surface area contributed by atoms with E-state index in [2.05, 4.69) is 66.9 Å². The van der Waals surface area contributed by atoms with Crippen LogP contribution in [0.15, 0.2) is 49.1 Å². The van der Waals surface area contributed by atoms with E-state index in [1.54, 1.807) is 0 Å². The highest BCUT2D eigenvalue weighted by Crippen LogP contribution is 2.33. The van der Waals surface area contributed by atoms with Crippen molar-refractivity contribution in [2.45, 2.75) is 58.9 Å². The van der Waals surface area contributed by atoms with Crippen LogP contribution in [0.3, 0.4) is 0 Å². The molecule has 120 valence electrons. The smallest absolute Gasteiger partial charge is 0.0948 e. The first kappa shape index (κ1) is 16.8. The van der Waals surface area contributed by atoms with Crippen LogP contribution in [0.4, 0.5) is 0 Å². The van der Waals surface area contributed by atoms with Gasteiger partial charge < -0.3 is 4.57 Å². The van der Waals surface area contributed by atoms with Gasteiger partial charge in [-0.05, 0) is 30.2 Å². The third kappa shape index (κ3) is 4.72. The molecule has 0 fully saturated rings. The van der Waals surface area contributed by atoms with Crippen LogP contribution in [-0.4, -0.2) is 9.55 Å². The molecule has 2 unspecified atom stereocenters. The summed E-state index contributed by atoms with van der Waals surface area (Å²) >= 11 is 0. The van der Waals surface area contributed by atoms with Gasteiger partial charge >= 0.3 is 0 Å². The summed E-state index contributed by atoms with van der Waals surface area (Å²) in [5, 5.41) is 0. The second-order valence-electron chi connectivity index (χ2n) is 6.69. The average molecular weight is 298 g/mol. The van der Waals surface area contributed by atoms with Crippen LogP contribution in [0, 0.1) is 11.8 Å². The fraction of sp³-hybridized carbons (Fsp3) is 0.550. The van der Waals surface area contributed by atoms with Crippen molar-refractivity contribution >= 4 is 0 Å². The number of aromatic nitrogens is 2. The molecule has 0 N–H and O–H groups in total. The van der Waals surface area contributed by atoms with E-state index in [-0.39, 0.29) is 0 Å². The van der Waals surface area contributed by atoms with E-state index in [0.717, 1.165) is 6.42 Å². The van der Waals surface area contributed by atoms with Gasteiger partial charge in [0.1, 0.15) is 0 Å². The fourth-order valence-corrected chi connectivity index (χ4v) is 3.54. The molecule has 0 radical (unpaired) electrons. The lowest BCUT2D eigenvalue weighted by atomic mass is 9.82. The zero-order valence-electron chi connectivity index (χ0n) is 14.3. The quantitative estimate of drug-likeness (QED) is 0.557. The molecule has 0 spiro atoms. The zero-order chi connectivity index (χ0) is 15.8. The molecule has 0 aliphatic heterocycles. The topological polar surface area (TPSA) is 17.8 Å². The van der Waals surface area contributed by atoms with Crippen molar-refractivity contribution in [2.75, 3.05) is 0 Å². The van der Waals surface area contributed by atoms with Gasteiger partial charge in [-0.1, -0.05) is 70.4 Å². The van der Waals surface area contributed by atoms with Gasteiger partial charge in [0, 0.05) is 18.4 Å². The van der Waals surface area contributed by atoms with Crippen LogP contribution in [0.5, 0.6) is 0 Å². The summed E-state index contributed by atoms with van der Waals surface area (Å²) in [6.45, 7) is 6.95. The second-order valence-corrected chi connectivity index (χ2v) is 6.69. The Hall–Kier alpha value is -1.57. The molecule has 0 aliphatic rings. The van der Waals surface area contributed by atoms with Crippen molar-refractivity contribution in [2.24, 2.45) is 11.8 Å². The lowest BCUT2D eigenvalue weighted by Crippen LogP contribution is -2.25. The van der Waals surface area contributed by atoms with Crippen molar-refractivity contribution in [3.63, 3.8) is 0 Å². The fourth-order valence-electron chi connectivity index (χ4n) is 3.54. The summed E-state index contributed by atoms with van der Waals surface area (Å²) in [5.74, 6) is 1.28. The van der Waals surface area contributed by atoms with E-state index in [0.29, 0.717) is 17.9 Å². The van der Waals surface area contributed by atoms with Crippen LogP contribution < -0.4 is 0 Å². The molecule has 2 rings (SSSR count). The maximum absolute atomic E-state index is 4.27. The predicted octanol–water partition coefficient (Wildman–Crippen LogP) is 5.52. The van der Waals surface area contributed by atoms with Gasteiger partial charge in [0.2, 0.25) is 0 Å². The maximum atomic E-state index is 4.27. The number of unbranched alkanes of at least 4 members (excludes halogenated alkanes) is 2. The standard InChI is InChI=1S/C20H30N2/c1-4-5-7-12-19(15-18-10-8-6-9-11-18)20(17(2)3)22-14-13-21-16-22/h6,8-11,13-14,16-17,19-20H,4-5,7,12,15H2,1-3H3. The Labute approximate surface area is 135 Å². The van der Waals surface area contributed by atoms with Crippen molar-refractivity contribution in [3.8, 4) is 0 Å². The van der Waals surface area contributed by atoms with Crippen molar-refractivity contribution in [1.82, 2.24) is 9.55 Å². The summed E-state index contributed by atoms with van der Waals surface area (Å²) in [6, 6.07) is 11.5. The molecular formula is C20H30N2. The predicted molar refractivity (Wildman–Crippen MR) is 93.9 cm³/mol. The van der Waals surface area contributed by atoms with Gasteiger partial charge in [0.25, 0.3) is 0 Å². The Morgan fingerprint density at radius 1 is 1.09 bits per heavy atom. The molecule has 2 heteroatoms. The number of hydrogen-bond donors (Lipinski definition) is 0. The van der Waals surface area contributed by atoms with Gasteiger partial charge in [0.15, 0.2) is 0 Å². The Kier molecular flexibility index (Phi) is 6.70. The van der Waals surface area contributed by atoms with E-state index in [9.17, 15) is 0 Å². The average Bonchev–Trinajstić information content (AvgIpc) is 3.02. The maximum Gasteiger partial charge on any atom is 0.0948 e. The first-order valence-electron chi connectivity index (χ1n) is 8.73. The van der Waals surface area contributed by atoms with Crippen LogP contribution in [0.25, 0.3) is 0 Å². The Bertz CT molecular complexity index is 502. The summed E-state index contributed by atoms with van der Waals surface area (Å²) in [4.78, 5) is 4.27. The number of rotatable bonds is 9. The number of hydrogen-bond acceptors (Lipinski definition) is 1. The third-order valence-corrected chi connectivity index (χ3v) is 4.55. The van der Waals surface area contributed by atoms with Gasteiger partial charge in [-0.3, -0.25) is 0 Å².